The summed E-state index contributed by atoms with van der Waals surface area (Å²) < 4.78 is 5.21. The van der Waals surface area contributed by atoms with Crippen molar-refractivity contribution in [1.29, 1.82) is 0 Å². The number of piperidine rings is 1. The van der Waals surface area contributed by atoms with Gasteiger partial charge in [-0.1, -0.05) is 35.9 Å². The number of esters is 1. The molecule has 1 saturated heterocycles. The molecular weight excluding hydrogens is 494 g/mol. The maximum atomic E-state index is 13.1. The number of aryl methyl sites for hydroxylation is 1. The Labute approximate surface area is 222 Å². The fourth-order valence-corrected chi connectivity index (χ4v) is 5.26. The molecule has 0 spiro atoms. The number of para-hydroxylation sites is 1. The molecule has 198 valence electrons. The predicted molar refractivity (Wildman–Crippen MR) is 144 cm³/mol. The van der Waals surface area contributed by atoms with Crippen LogP contribution in [0.4, 0.5) is 21.0 Å². The first-order chi connectivity index (χ1) is 17.8. The van der Waals surface area contributed by atoms with Gasteiger partial charge >= 0.3 is 18.0 Å². The van der Waals surface area contributed by atoms with Gasteiger partial charge in [0.2, 0.25) is 0 Å². The van der Waals surface area contributed by atoms with E-state index < -0.39 is 12.0 Å². The Balaban J connectivity index is 1.36. The van der Waals surface area contributed by atoms with E-state index in [1.54, 1.807) is 17.9 Å². The standard InChI is InChI=1S/C27H34ClN5O4/c1-3-37-25(34)23(16-18-14-17(2)24(29)21(28)15-18)31-26(35)32-11-9-20(10-12-32)33-13-8-19-6-4-5-7-22(19)30-27(33)36/h4-7,14-15,20,23H,3,8-13,16,29H2,1-2H3,(H,30,36)(H,31,35). The minimum absolute atomic E-state index is 0.0408. The summed E-state index contributed by atoms with van der Waals surface area (Å²) in [6.07, 6.45) is 2.34. The SMILES string of the molecule is CCOC(=O)C(Cc1cc(C)c(N)c(Cl)c1)NC(=O)N1CCC(N2CCc3ccccc3NC2=O)CC1. The summed E-state index contributed by atoms with van der Waals surface area (Å²) in [6.45, 7) is 5.37. The second-order valence-corrected chi connectivity index (χ2v) is 9.92. The molecule has 10 heteroatoms. The Morgan fingerprint density at radius 1 is 1.22 bits per heavy atom. The monoisotopic (exact) mass is 527 g/mol. The summed E-state index contributed by atoms with van der Waals surface area (Å²) >= 11 is 6.23. The highest BCUT2D eigenvalue weighted by Crippen LogP contribution is 2.26. The van der Waals surface area contributed by atoms with Gasteiger partial charge in [-0.3, -0.25) is 0 Å². The number of rotatable bonds is 6. The minimum Gasteiger partial charge on any atom is -0.464 e. The third-order valence-electron chi connectivity index (χ3n) is 7.04. The molecule has 2 heterocycles. The number of halogens is 1. The fraction of sp³-hybridized carbons (Fsp3) is 0.444. The van der Waals surface area contributed by atoms with Crippen LogP contribution in [-0.2, 0) is 22.4 Å². The number of anilines is 2. The van der Waals surface area contributed by atoms with E-state index in [0.29, 0.717) is 43.2 Å². The topological polar surface area (TPSA) is 117 Å². The summed E-state index contributed by atoms with van der Waals surface area (Å²) in [5, 5.41) is 6.27. The fourth-order valence-electron chi connectivity index (χ4n) is 4.98. The van der Waals surface area contributed by atoms with Crippen LogP contribution in [0.1, 0.15) is 36.5 Å². The molecule has 0 radical (unpaired) electrons. The van der Waals surface area contributed by atoms with Gasteiger partial charge in [0.25, 0.3) is 0 Å². The summed E-state index contributed by atoms with van der Waals surface area (Å²) in [5.74, 6) is -0.503. The molecular formula is C27H34ClN5O4. The zero-order valence-corrected chi connectivity index (χ0v) is 22.0. The summed E-state index contributed by atoms with van der Waals surface area (Å²) in [6, 6.07) is 10.2. The third kappa shape index (κ3) is 6.28. The number of hydrogen-bond donors (Lipinski definition) is 3. The maximum absolute atomic E-state index is 13.1. The second-order valence-electron chi connectivity index (χ2n) is 9.52. The van der Waals surface area contributed by atoms with Crippen molar-refractivity contribution in [2.75, 3.05) is 37.3 Å². The van der Waals surface area contributed by atoms with Gasteiger partial charge in [-0.15, -0.1) is 0 Å². The van der Waals surface area contributed by atoms with E-state index in [0.717, 1.165) is 28.8 Å². The average molecular weight is 528 g/mol. The molecule has 1 atom stereocenters. The first-order valence-electron chi connectivity index (χ1n) is 12.7. The number of urea groups is 2. The van der Waals surface area contributed by atoms with Gasteiger partial charge in [0.15, 0.2) is 0 Å². The molecule has 0 bridgehead atoms. The van der Waals surface area contributed by atoms with Gasteiger partial charge in [0.1, 0.15) is 6.04 Å². The number of nitrogen functional groups attached to an aromatic ring is 1. The largest absolute Gasteiger partial charge is 0.464 e. The van der Waals surface area contributed by atoms with Crippen molar-refractivity contribution in [2.24, 2.45) is 0 Å². The van der Waals surface area contributed by atoms with Crippen molar-refractivity contribution in [3.63, 3.8) is 0 Å². The number of fused-ring (bicyclic) bond motifs is 1. The lowest BCUT2D eigenvalue weighted by Gasteiger charge is -2.38. The number of nitrogens with one attached hydrogen (secondary N) is 2. The molecule has 9 nitrogen and oxygen atoms in total. The number of amides is 4. The zero-order chi connectivity index (χ0) is 26.5. The van der Waals surface area contributed by atoms with E-state index in [1.807, 2.05) is 42.2 Å². The Bertz CT molecular complexity index is 1140. The Morgan fingerprint density at radius 3 is 2.65 bits per heavy atom. The van der Waals surface area contributed by atoms with E-state index >= 15 is 0 Å². The molecule has 2 aliphatic rings. The molecule has 2 aromatic rings. The van der Waals surface area contributed by atoms with E-state index in [4.69, 9.17) is 22.1 Å². The molecule has 2 aromatic carbocycles. The van der Waals surface area contributed by atoms with Crippen LogP contribution in [0, 0.1) is 6.92 Å². The quantitative estimate of drug-likeness (QED) is 0.388. The molecule has 0 aromatic heterocycles. The second kappa shape index (κ2) is 11.7. The van der Waals surface area contributed by atoms with Crippen LogP contribution >= 0.6 is 11.6 Å². The average Bonchev–Trinajstić information content (AvgIpc) is 3.05. The smallest absolute Gasteiger partial charge is 0.329 e. The Hall–Kier alpha value is -3.46. The van der Waals surface area contributed by atoms with E-state index in [1.165, 1.54) is 0 Å². The lowest BCUT2D eigenvalue weighted by Crippen LogP contribution is -2.54. The van der Waals surface area contributed by atoms with Gasteiger partial charge in [0, 0.05) is 37.8 Å². The van der Waals surface area contributed by atoms with Crippen molar-refractivity contribution >= 4 is 41.0 Å². The molecule has 0 aliphatic carbocycles. The third-order valence-corrected chi connectivity index (χ3v) is 7.35. The normalized spacial score (nSPS) is 16.9. The van der Waals surface area contributed by atoms with Crippen LogP contribution in [0.2, 0.25) is 5.02 Å². The van der Waals surface area contributed by atoms with Crippen LogP contribution in [0.15, 0.2) is 36.4 Å². The van der Waals surface area contributed by atoms with Crippen LogP contribution in [-0.4, -0.2) is 66.2 Å². The van der Waals surface area contributed by atoms with Crippen LogP contribution in [0.3, 0.4) is 0 Å². The van der Waals surface area contributed by atoms with Crippen molar-refractivity contribution in [1.82, 2.24) is 15.1 Å². The molecule has 2 aliphatic heterocycles. The maximum Gasteiger partial charge on any atom is 0.329 e. The summed E-state index contributed by atoms with van der Waals surface area (Å²) in [5.41, 5.74) is 10.00. The number of carbonyl (C=O) groups is 3. The molecule has 37 heavy (non-hydrogen) atoms. The van der Waals surface area contributed by atoms with E-state index in [9.17, 15) is 14.4 Å². The minimum atomic E-state index is -0.862. The molecule has 0 saturated carbocycles. The number of carbonyl (C=O) groups excluding carboxylic acids is 3. The van der Waals surface area contributed by atoms with Gasteiger partial charge in [0.05, 0.1) is 17.3 Å². The number of benzene rings is 2. The summed E-state index contributed by atoms with van der Waals surface area (Å²) in [7, 11) is 0. The van der Waals surface area contributed by atoms with E-state index in [-0.39, 0.29) is 31.1 Å². The van der Waals surface area contributed by atoms with Gasteiger partial charge in [-0.25, -0.2) is 14.4 Å². The van der Waals surface area contributed by atoms with Crippen molar-refractivity contribution in [3.05, 3.63) is 58.1 Å². The van der Waals surface area contributed by atoms with Crippen molar-refractivity contribution < 1.29 is 19.1 Å². The highest BCUT2D eigenvalue weighted by molar-refractivity contribution is 6.33. The number of nitrogens with two attached hydrogens (primary N) is 1. The first-order valence-corrected chi connectivity index (χ1v) is 13.1. The first kappa shape index (κ1) is 26.6. The number of ether oxygens (including phenoxy) is 1. The molecule has 4 amide bonds. The Morgan fingerprint density at radius 2 is 1.95 bits per heavy atom. The molecule has 1 unspecified atom stereocenters. The van der Waals surface area contributed by atoms with Crippen molar-refractivity contribution in [2.45, 2.75) is 51.6 Å². The highest BCUT2D eigenvalue weighted by Gasteiger charge is 2.32. The Kier molecular flexibility index (Phi) is 8.43. The van der Waals surface area contributed by atoms with E-state index in [2.05, 4.69) is 10.6 Å². The molecule has 4 rings (SSSR count). The van der Waals surface area contributed by atoms with Gasteiger partial charge in [-0.05, 0) is 61.9 Å². The van der Waals surface area contributed by atoms with Crippen LogP contribution < -0.4 is 16.4 Å². The molecule has 4 N–H and O–H groups in total. The predicted octanol–water partition coefficient (Wildman–Crippen LogP) is 3.97. The number of hydrogen-bond acceptors (Lipinski definition) is 5. The van der Waals surface area contributed by atoms with Crippen LogP contribution in [0.5, 0.6) is 0 Å². The summed E-state index contributed by atoms with van der Waals surface area (Å²) in [4.78, 5) is 42.2. The van der Waals surface area contributed by atoms with Crippen molar-refractivity contribution in [3.8, 4) is 0 Å². The lowest BCUT2D eigenvalue weighted by molar-refractivity contribution is -0.145. The highest BCUT2D eigenvalue weighted by atomic mass is 35.5. The zero-order valence-electron chi connectivity index (χ0n) is 21.3. The number of nitrogens with zero attached hydrogens (tertiary/aromatic N) is 2. The van der Waals surface area contributed by atoms with Gasteiger partial charge in [-0.2, -0.15) is 0 Å². The molecule has 1 fully saturated rings. The van der Waals surface area contributed by atoms with Gasteiger partial charge < -0.3 is 30.9 Å². The lowest BCUT2D eigenvalue weighted by atomic mass is 10.0. The van der Waals surface area contributed by atoms with Crippen LogP contribution in [0.25, 0.3) is 0 Å². The number of likely N-dealkylation sites (tertiary alicyclic amines) is 1.